The van der Waals surface area contributed by atoms with Crippen molar-refractivity contribution in [2.75, 3.05) is 5.32 Å². The van der Waals surface area contributed by atoms with Gasteiger partial charge in [0.25, 0.3) is 0 Å². The highest BCUT2D eigenvalue weighted by atomic mass is 16.5. The molecule has 7 aromatic carbocycles. The molecular formula is C46H31N5O. The normalized spacial score (nSPS) is 13.5. The van der Waals surface area contributed by atoms with E-state index < -0.39 is 0 Å². The van der Waals surface area contributed by atoms with Crippen molar-refractivity contribution in [2.24, 2.45) is 0 Å². The van der Waals surface area contributed by atoms with E-state index in [0.29, 0.717) is 17.5 Å². The number of hydrogen-bond donors (Lipinski definition) is 1. The number of anilines is 1. The monoisotopic (exact) mass is 669 g/mol. The first-order valence-electron chi connectivity index (χ1n) is 17.4. The number of ether oxygens (including phenoxy) is 1. The number of rotatable bonds is 6. The average Bonchev–Trinajstić information content (AvgIpc) is 3.81. The lowest BCUT2D eigenvalue weighted by Gasteiger charge is -2.17. The molecule has 1 atom stereocenters. The molecule has 1 aliphatic heterocycles. The number of para-hydroxylation sites is 4. The number of nitrogens with zero attached hydrogens (tertiary/aromatic N) is 4. The minimum absolute atomic E-state index is 0.361. The smallest absolute Gasteiger partial charge is 0.196 e. The number of hydrogen-bond acceptors (Lipinski definition) is 5. The van der Waals surface area contributed by atoms with Gasteiger partial charge in [-0.3, -0.25) is 0 Å². The van der Waals surface area contributed by atoms with Gasteiger partial charge in [0.05, 0.1) is 16.7 Å². The van der Waals surface area contributed by atoms with Crippen molar-refractivity contribution in [3.63, 3.8) is 0 Å². The summed E-state index contributed by atoms with van der Waals surface area (Å²) in [4.78, 5) is 15.3. The Hall–Kier alpha value is -7.05. The summed E-state index contributed by atoms with van der Waals surface area (Å²) in [5.74, 6) is 2.65. The van der Waals surface area contributed by atoms with Gasteiger partial charge in [0, 0.05) is 38.7 Å². The summed E-state index contributed by atoms with van der Waals surface area (Å²) in [5, 5.41) is 5.92. The van der Waals surface area contributed by atoms with Gasteiger partial charge in [0.2, 0.25) is 0 Å². The Morgan fingerprint density at radius 3 is 1.81 bits per heavy atom. The van der Waals surface area contributed by atoms with Crippen molar-refractivity contribution in [3.8, 4) is 56.7 Å². The zero-order valence-electron chi connectivity index (χ0n) is 28.0. The van der Waals surface area contributed by atoms with Crippen molar-refractivity contribution in [3.05, 3.63) is 181 Å². The van der Waals surface area contributed by atoms with Crippen LogP contribution in [0.3, 0.4) is 0 Å². The summed E-state index contributed by atoms with van der Waals surface area (Å²) in [6.45, 7) is 0. The van der Waals surface area contributed by atoms with Crippen LogP contribution in [0.5, 0.6) is 5.75 Å². The topological polar surface area (TPSA) is 64.9 Å². The molecule has 0 spiro atoms. The van der Waals surface area contributed by atoms with Crippen LogP contribution in [0.2, 0.25) is 0 Å². The fourth-order valence-electron chi connectivity index (χ4n) is 7.22. The summed E-state index contributed by atoms with van der Waals surface area (Å²) in [6, 6.07) is 60.6. The molecular weight excluding hydrogens is 639 g/mol. The second-order valence-electron chi connectivity index (χ2n) is 12.9. The second-order valence-corrected chi connectivity index (χ2v) is 12.9. The van der Waals surface area contributed by atoms with Crippen LogP contribution in [-0.2, 0) is 0 Å². The van der Waals surface area contributed by atoms with Gasteiger partial charge in [0.1, 0.15) is 5.75 Å². The third kappa shape index (κ3) is 5.17. The number of benzene rings is 7. The van der Waals surface area contributed by atoms with Crippen LogP contribution < -0.4 is 10.1 Å². The standard InChI is InChI=1S/C46H31N5O/c1-4-14-30(15-5-1)43-48-44(31-16-6-2-7-17-31)50-45(49-43)38-29-33(46-47-39-21-11-13-23-42(39)52-46)24-26-35(38)32-25-27-41-37(28-32)36-20-10-12-22-40(36)51(41)34-18-8-3-9-19-34/h1-29,46-47H. The molecule has 0 fully saturated rings. The first-order valence-corrected chi connectivity index (χ1v) is 17.4. The van der Waals surface area contributed by atoms with E-state index in [1.165, 1.54) is 10.8 Å². The van der Waals surface area contributed by atoms with Crippen LogP contribution in [-0.4, -0.2) is 19.5 Å². The molecule has 3 heterocycles. The van der Waals surface area contributed by atoms with Crippen LogP contribution in [0.25, 0.3) is 72.8 Å². The van der Waals surface area contributed by atoms with Gasteiger partial charge in [-0.1, -0.05) is 127 Å². The maximum Gasteiger partial charge on any atom is 0.196 e. The van der Waals surface area contributed by atoms with Crippen LogP contribution in [0.1, 0.15) is 11.8 Å². The molecule has 0 radical (unpaired) electrons. The van der Waals surface area contributed by atoms with E-state index in [1.807, 2.05) is 84.9 Å². The zero-order valence-corrected chi connectivity index (χ0v) is 28.0. The Kier molecular flexibility index (Phi) is 7.10. The van der Waals surface area contributed by atoms with Crippen LogP contribution in [0, 0.1) is 0 Å². The predicted molar refractivity (Wildman–Crippen MR) is 209 cm³/mol. The summed E-state index contributed by atoms with van der Waals surface area (Å²) in [7, 11) is 0. The Morgan fingerprint density at radius 1 is 0.462 bits per heavy atom. The lowest BCUT2D eigenvalue weighted by atomic mass is 9.95. The molecule has 6 nitrogen and oxygen atoms in total. The quantitative estimate of drug-likeness (QED) is 0.191. The minimum Gasteiger partial charge on any atom is -0.464 e. The summed E-state index contributed by atoms with van der Waals surface area (Å²) in [5.41, 5.74) is 10.2. The average molecular weight is 670 g/mol. The third-order valence-electron chi connectivity index (χ3n) is 9.70. The van der Waals surface area contributed by atoms with Gasteiger partial charge in [-0.05, 0) is 59.7 Å². The predicted octanol–water partition coefficient (Wildman–Crippen LogP) is 11.1. The molecule has 1 aliphatic rings. The van der Waals surface area contributed by atoms with E-state index in [1.54, 1.807) is 0 Å². The van der Waals surface area contributed by atoms with E-state index in [2.05, 4.69) is 101 Å². The lowest BCUT2D eigenvalue weighted by molar-refractivity contribution is 0.260. The summed E-state index contributed by atoms with van der Waals surface area (Å²) >= 11 is 0. The van der Waals surface area contributed by atoms with Crippen molar-refractivity contribution in [1.29, 1.82) is 0 Å². The van der Waals surface area contributed by atoms with E-state index in [9.17, 15) is 0 Å². The largest absolute Gasteiger partial charge is 0.464 e. The van der Waals surface area contributed by atoms with Gasteiger partial charge in [-0.2, -0.15) is 0 Å². The Labute approximate surface area is 300 Å². The maximum atomic E-state index is 6.40. The first-order chi connectivity index (χ1) is 25.8. The molecule has 1 N–H and O–H groups in total. The third-order valence-corrected chi connectivity index (χ3v) is 9.70. The number of aromatic nitrogens is 4. The first kappa shape index (κ1) is 29.8. The fourth-order valence-corrected chi connectivity index (χ4v) is 7.22. The van der Waals surface area contributed by atoms with Gasteiger partial charge in [0.15, 0.2) is 23.7 Å². The molecule has 52 heavy (non-hydrogen) atoms. The zero-order chi connectivity index (χ0) is 34.4. The van der Waals surface area contributed by atoms with Gasteiger partial charge in [-0.25, -0.2) is 15.0 Å². The Bertz CT molecular complexity index is 2660. The highest BCUT2D eigenvalue weighted by Crippen LogP contribution is 2.42. The van der Waals surface area contributed by atoms with E-state index in [4.69, 9.17) is 19.7 Å². The highest BCUT2D eigenvalue weighted by Gasteiger charge is 2.25. The van der Waals surface area contributed by atoms with Crippen molar-refractivity contribution in [2.45, 2.75) is 6.23 Å². The van der Waals surface area contributed by atoms with Crippen molar-refractivity contribution < 1.29 is 4.74 Å². The maximum absolute atomic E-state index is 6.40. The second kappa shape index (κ2) is 12.4. The molecule has 0 saturated carbocycles. The van der Waals surface area contributed by atoms with E-state index in [-0.39, 0.29) is 6.23 Å². The molecule has 9 aromatic rings. The van der Waals surface area contributed by atoms with Crippen LogP contribution >= 0.6 is 0 Å². The minimum atomic E-state index is -0.361. The van der Waals surface area contributed by atoms with Crippen LogP contribution in [0.15, 0.2) is 176 Å². The molecule has 0 saturated heterocycles. The molecule has 10 rings (SSSR count). The lowest BCUT2D eigenvalue weighted by Crippen LogP contribution is -2.10. The Morgan fingerprint density at radius 2 is 1.08 bits per heavy atom. The van der Waals surface area contributed by atoms with Gasteiger partial charge >= 0.3 is 0 Å². The molecule has 0 bridgehead atoms. The number of fused-ring (bicyclic) bond motifs is 4. The SMILES string of the molecule is c1ccc(-c2nc(-c3ccccc3)nc(-c3cc(C4Nc5ccccc5O4)ccc3-c3ccc4c(c3)c3ccccc3n4-c3ccccc3)n2)cc1. The number of nitrogens with one attached hydrogen (secondary N) is 1. The molecule has 2 aromatic heterocycles. The molecule has 246 valence electrons. The molecule has 0 aliphatic carbocycles. The van der Waals surface area contributed by atoms with Crippen molar-refractivity contribution in [1.82, 2.24) is 19.5 Å². The summed E-state index contributed by atoms with van der Waals surface area (Å²) < 4.78 is 8.74. The molecule has 6 heteroatoms. The molecule has 0 amide bonds. The Balaban J connectivity index is 1.20. The van der Waals surface area contributed by atoms with Crippen molar-refractivity contribution >= 4 is 27.5 Å². The van der Waals surface area contributed by atoms with E-state index in [0.717, 1.165) is 61.5 Å². The van der Waals surface area contributed by atoms with Gasteiger partial charge < -0.3 is 14.6 Å². The fraction of sp³-hybridized carbons (Fsp3) is 0.0217. The van der Waals surface area contributed by atoms with Crippen LogP contribution in [0.4, 0.5) is 5.69 Å². The summed E-state index contributed by atoms with van der Waals surface area (Å²) in [6.07, 6.45) is -0.361. The van der Waals surface area contributed by atoms with Gasteiger partial charge in [-0.15, -0.1) is 0 Å². The van der Waals surface area contributed by atoms with E-state index >= 15 is 0 Å². The highest BCUT2D eigenvalue weighted by molar-refractivity contribution is 6.10. The molecule has 1 unspecified atom stereocenters.